The van der Waals surface area contributed by atoms with E-state index in [0.29, 0.717) is 12.3 Å². The van der Waals surface area contributed by atoms with E-state index in [1.165, 1.54) is 11.1 Å². The lowest BCUT2D eigenvalue weighted by Crippen LogP contribution is -2.26. The van der Waals surface area contributed by atoms with Crippen LogP contribution in [0.4, 0.5) is 0 Å². The molecule has 5 heteroatoms. The molecule has 2 N–H and O–H groups in total. The number of amides is 1. The number of rotatable bonds is 7. The van der Waals surface area contributed by atoms with E-state index >= 15 is 0 Å². The van der Waals surface area contributed by atoms with Gasteiger partial charge in [-0.1, -0.05) is 24.3 Å². The first kappa shape index (κ1) is 16.1. The van der Waals surface area contributed by atoms with Crippen molar-refractivity contribution in [2.45, 2.75) is 37.9 Å². The molecule has 1 atom stereocenters. The van der Waals surface area contributed by atoms with Crippen molar-refractivity contribution in [2.75, 3.05) is 12.3 Å². The number of benzene rings is 1. The monoisotopic (exact) mass is 329 g/mol. The Kier molecular flexibility index (Phi) is 5.39. The van der Waals surface area contributed by atoms with E-state index in [0.717, 1.165) is 42.3 Å². The molecule has 0 unspecified atom stereocenters. The number of aromatic amines is 1. The second-order valence-electron chi connectivity index (χ2n) is 6.02. The molecule has 0 fully saturated rings. The third-order valence-corrected chi connectivity index (χ3v) is 5.40. The highest BCUT2D eigenvalue weighted by Gasteiger charge is 2.23. The summed E-state index contributed by atoms with van der Waals surface area (Å²) in [5, 5.41) is 3.05. The van der Waals surface area contributed by atoms with Crippen molar-refractivity contribution in [1.82, 2.24) is 15.3 Å². The van der Waals surface area contributed by atoms with Crippen molar-refractivity contribution in [3.8, 4) is 0 Å². The van der Waals surface area contributed by atoms with Gasteiger partial charge in [-0.2, -0.15) is 11.8 Å². The van der Waals surface area contributed by atoms with E-state index < -0.39 is 0 Å². The predicted octanol–water partition coefficient (Wildman–Crippen LogP) is 3.19. The van der Waals surface area contributed by atoms with Gasteiger partial charge >= 0.3 is 0 Å². The van der Waals surface area contributed by atoms with Crippen LogP contribution in [0.15, 0.2) is 30.6 Å². The molecule has 1 aliphatic carbocycles. The van der Waals surface area contributed by atoms with Crippen molar-refractivity contribution in [1.29, 1.82) is 0 Å². The van der Waals surface area contributed by atoms with Crippen LogP contribution >= 0.6 is 11.8 Å². The van der Waals surface area contributed by atoms with Crippen molar-refractivity contribution in [3.05, 3.63) is 53.1 Å². The Morgan fingerprint density at radius 2 is 2.30 bits per heavy atom. The highest BCUT2D eigenvalue weighted by atomic mass is 32.2. The number of fused-ring (bicyclic) bond motifs is 1. The van der Waals surface area contributed by atoms with Crippen molar-refractivity contribution in [2.24, 2.45) is 0 Å². The van der Waals surface area contributed by atoms with Gasteiger partial charge in [0.15, 0.2) is 0 Å². The number of H-pyrrole nitrogens is 1. The third-order valence-electron chi connectivity index (χ3n) is 4.43. The van der Waals surface area contributed by atoms with Gasteiger partial charge in [0.2, 0.25) is 5.91 Å². The van der Waals surface area contributed by atoms with Crippen LogP contribution in [0, 0.1) is 6.92 Å². The zero-order valence-corrected chi connectivity index (χ0v) is 14.3. The first-order chi connectivity index (χ1) is 11.2. The minimum atomic E-state index is 0.170. The lowest BCUT2D eigenvalue weighted by atomic mass is 9.97. The Bertz CT molecular complexity index is 668. The van der Waals surface area contributed by atoms with Gasteiger partial charge in [-0.3, -0.25) is 4.79 Å². The zero-order chi connectivity index (χ0) is 16.1. The molecule has 0 aliphatic heterocycles. The van der Waals surface area contributed by atoms with Crippen LogP contribution in [-0.4, -0.2) is 28.2 Å². The summed E-state index contributed by atoms with van der Waals surface area (Å²) < 4.78 is 0. The van der Waals surface area contributed by atoms with Crippen LogP contribution in [0.5, 0.6) is 0 Å². The van der Waals surface area contributed by atoms with Gasteiger partial charge in [0.05, 0.1) is 12.0 Å². The average Bonchev–Trinajstić information content (AvgIpc) is 3.14. The van der Waals surface area contributed by atoms with Crippen LogP contribution in [0.25, 0.3) is 0 Å². The summed E-state index contributed by atoms with van der Waals surface area (Å²) in [5.74, 6) is 2.37. The maximum Gasteiger partial charge on any atom is 0.220 e. The summed E-state index contributed by atoms with van der Waals surface area (Å²) in [7, 11) is 0. The maximum absolute atomic E-state index is 12.1. The Hall–Kier alpha value is -1.75. The molecule has 2 aromatic rings. The number of hydrogen-bond donors (Lipinski definition) is 2. The van der Waals surface area contributed by atoms with Gasteiger partial charge in [0.1, 0.15) is 0 Å². The lowest BCUT2D eigenvalue weighted by molar-refractivity contribution is -0.121. The molecule has 4 nitrogen and oxygen atoms in total. The molecule has 1 amide bonds. The van der Waals surface area contributed by atoms with Crippen molar-refractivity contribution < 1.29 is 4.79 Å². The molecule has 1 heterocycles. The molecule has 0 saturated heterocycles. The maximum atomic E-state index is 12.1. The number of aromatic nitrogens is 2. The zero-order valence-electron chi connectivity index (χ0n) is 13.5. The van der Waals surface area contributed by atoms with Gasteiger partial charge < -0.3 is 10.3 Å². The molecule has 0 bridgehead atoms. The molecular formula is C18H23N3OS. The first-order valence-corrected chi connectivity index (χ1v) is 9.30. The quantitative estimate of drug-likeness (QED) is 0.767. The van der Waals surface area contributed by atoms with E-state index in [4.69, 9.17) is 0 Å². The SMILES string of the molecule is Cc1[nH]cnc1CSCCNC(=O)C[C@H]1CCc2ccccc21. The highest BCUT2D eigenvalue weighted by molar-refractivity contribution is 7.98. The summed E-state index contributed by atoms with van der Waals surface area (Å²) >= 11 is 1.80. The minimum absolute atomic E-state index is 0.170. The number of carbonyl (C=O) groups is 1. The van der Waals surface area contributed by atoms with Crippen LogP contribution in [-0.2, 0) is 17.0 Å². The molecule has 1 aromatic heterocycles. The van der Waals surface area contributed by atoms with Crippen molar-refractivity contribution in [3.63, 3.8) is 0 Å². The summed E-state index contributed by atoms with van der Waals surface area (Å²) in [6, 6.07) is 8.51. The fraction of sp³-hybridized carbons (Fsp3) is 0.444. The Labute approximate surface area is 141 Å². The smallest absolute Gasteiger partial charge is 0.220 e. The molecule has 23 heavy (non-hydrogen) atoms. The predicted molar refractivity (Wildman–Crippen MR) is 94.6 cm³/mol. The first-order valence-electron chi connectivity index (χ1n) is 8.15. The third kappa shape index (κ3) is 4.16. The number of carbonyl (C=O) groups excluding carboxylic acids is 1. The van der Waals surface area contributed by atoms with Crippen LogP contribution in [0.3, 0.4) is 0 Å². The van der Waals surface area contributed by atoms with Crippen LogP contribution in [0.1, 0.15) is 41.3 Å². The lowest BCUT2D eigenvalue weighted by Gasteiger charge is -2.11. The van der Waals surface area contributed by atoms with E-state index in [9.17, 15) is 4.79 Å². The fourth-order valence-corrected chi connectivity index (χ4v) is 3.99. The Balaban J connectivity index is 1.35. The molecule has 0 saturated carbocycles. The van der Waals surface area contributed by atoms with Gasteiger partial charge in [-0.05, 0) is 36.8 Å². The molecular weight excluding hydrogens is 306 g/mol. The molecule has 1 aromatic carbocycles. The summed E-state index contributed by atoms with van der Waals surface area (Å²) in [6.45, 7) is 2.76. The van der Waals surface area contributed by atoms with Gasteiger partial charge in [0.25, 0.3) is 0 Å². The number of hydrogen-bond acceptors (Lipinski definition) is 3. The standard InChI is InChI=1S/C18H23N3OS/c1-13-17(21-12-20-13)11-23-9-8-19-18(22)10-15-7-6-14-4-2-3-5-16(14)15/h2-5,12,15H,6-11H2,1H3,(H,19,22)(H,20,21)/t15-/m1/s1. The molecule has 3 rings (SSSR count). The topological polar surface area (TPSA) is 57.8 Å². The summed E-state index contributed by atoms with van der Waals surface area (Å²) in [4.78, 5) is 19.5. The van der Waals surface area contributed by atoms with Crippen molar-refractivity contribution >= 4 is 17.7 Å². The second kappa shape index (κ2) is 7.68. The average molecular weight is 329 g/mol. The number of imidazole rings is 1. The molecule has 122 valence electrons. The normalized spacial score (nSPS) is 16.3. The highest BCUT2D eigenvalue weighted by Crippen LogP contribution is 2.34. The van der Waals surface area contributed by atoms with Crippen LogP contribution in [0.2, 0.25) is 0 Å². The molecule has 0 spiro atoms. The van der Waals surface area contributed by atoms with E-state index in [1.54, 1.807) is 18.1 Å². The molecule has 1 aliphatic rings. The second-order valence-corrected chi connectivity index (χ2v) is 7.12. The van der Waals surface area contributed by atoms with Crippen LogP contribution < -0.4 is 5.32 Å². The number of nitrogens with zero attached hydrogens (tertiary/aromatic N) is 1. The van der Waals surface area contributed by atoms with Gasteiger partial charge in [-0.25, -0.2) is 4.98 Å². The van der Waals surface area contributed by atoms with E-state index in [1.807, 2.05) is 6.92 Å². The number of thioether (sulfide) groups is 1. The number of aryl methyl sites for hydroxylation is 2. The largest absolute Gasteiger partial charge is 0.355 e. The van der Waals surface area contributed by atoms with E-state index in [-0.39, 0.29) is 5.91 Å². The Morgan fingerprint density at radius 1 is 1.43 bits per heavy atom. The summed E-state index contributed by atoms with van der Waals surface area (Å²) in [5.41, 5.74) is 5.01. The molecule has 0 radical (unpaired) electrons. The summed E-state index contributed by atoms with van der Waals surface area (Å²) in [6.07, 6.45) is 4.54. The Morgan fingerprint density at radius 3 is 3.13 bits per heavy atom. The van der Waals surface area contributed by atoms with Gasteiger partial charge in [-0.15, -0.1) is 0 Å². The van der Waals surface area contributed by atoms with E-state index in [2.05, 4.69) is 39.6 Å². The fourth-order valence-electron chi connectivity index (χ4n) is 3.12. The van der Waals surface area contributed by atoms with Gasteiger partial charge in [0, 0.05) is 30.2 Å². The minimum Gasteiger partial charge on any atom is -0.355 e. The number of nitrogens with one attached hydrogen (secondary N) is 2.